The fourth-order valence-electron chi connectivity index (χ4n) is 4.23. The van der Waals surface area contributed by atoms with Crippen molar-refractivity contribution in [2.75, 3.05) is 27.1 Å². The van der Waals surface area contributed by atoms with Crippen LogP contribution in [-0.2, 0) is 4.74 Å². The van der Waals surface area contributed by atoms with Crippen LogP contribution in [0.5, 0.6) is 17.2 Å². The van der Waals surface area contributed by atoms with Gasteiger partial charge in [-0.1, -0.05) is 60.7 Å². The molecule has 32 heavy (non-hydrogen) atoms. The summed E-state index contributed by atoms with van der Waals surface area (Å²) in [5, 5.41) is 2.77. The van der Waals surface area contributed by atoms with Gasteiger partial charge in [0.2, 0.25) is 12.5 Å². The van der Waals surface area contributed by atoms with Crippen LogP contribution in [0, 0.1) is 0 Å². The number of hydrogen-bond donors (Lipinski definition) is 1. The number of methoxy groups -OCH3 is 1. The van der Waals surface area contributed by atoms with E-state index in [1.54, 1.807) is 7.11 Å². The molecule has 1 heterocycles. The zero-order valence-corrected chi connectivity index (χ0v) is 17.7. The minimum Gasteiger partial charge on any atom is -0.493 e. The molecule has 0 radical (unpaired) electrons. The Hall–Kier alpha value is -3.93. The highest BCUT2D eigenvalue weighted by Crippen LogP contribution is 2.44. The minimum atomic E-state index is -0.445. The number of carbonyl (C=O) groups is 1. The molecule has 0 aromatic heterocycles. The van der Waals surface area contributed by atoms with Crippen LogP contribution < -0.4 is 19.5 Å². The van der Waals surface area contributed by atoms with E-state index in [1.807, 2.05) is 48.6 Å². The highest BCUT2D eigenvalue weighted by atomic mass is 16.7. The Morgan fingerprint density at radius 2 is 1.78 bits per heavy atom. The maximum atomic E-state index is 12.3. The molecule has 3 aromatic rings. The van der Waals surface area contributed by atoms with Crippen molar-refractivity contribution >= 4 is 12.2 Å². The normalized spacial score (nSPS) is 13.7. The molecule has 3 aromatic carbocycles. The molecular weight excluding hydrogens is 406 g/mol. The van der Waals surface area contributed by atoms with Crippen LogP contribution >= 0.6 is 0 Å². The van der Waals surface area contributed by atoms with E-state index in [0.717, 1.165) is 5.56 Å². The molecule has 6 heteroatoms. The topological polar surface area (TPSA) is 66.0 Å². The molecular formula is C26H23NO5. The first-order chi connectivity index (χ1) is 15.7. The number of amides is 1. The smallest absolute Gasteiger partial charge is 0.407 e. The largest absolute Gasteiger partial charge is 0.493 e. The third-order valence-corrected chi connectivity index (χ3v) is 5.70. The summed E-state index contributed by atoms with van der Waals surface area (Å²) in [4.78, 5) is 12.3. The van der Waals surface area contributed by atoms with Gasteiger partial charge in [-0.3, -0.25) is 0 Å². The van der Waals surface area contributed by atoms with E-state index >= 15 is 0 Å². The molecule has 0 atom stereocenters. The second kappa shape index (κ2) is 8.67. The van der Waals surface area contributed by atoms with Crippen molar-refractivity contribution in [3.05, 3.63) is 83.4 Å². The Morgan fingerprint density at radius 3 is 2.50 bits per heavy atom. The van der Waals surface area contributed by atoms with Crippen LogP contribution in [0.3, 0.4) is 0 Å². The van der Waals surface area contributed by atoms with Gasteiger partial charge >= 0.3 is 6.09 Å². The lowest BCUT2D eigenvalue weighted by atomic mass is 9.98. The monoisotopic (exact) mass is 429 g/mol. The number of fused-ring (bicyclic) bond motifs is 4. The van der Waals surface area contributed by atoms with Crippen LogP contribution in [-0.4, -0.2) is 33.1 Å². The Labute approximate surface area is 186 Å². The predicted octanol–water partition coefficient (Wildman–Crippen LogP) is 4.98. The second-order valence-corrected chi connectivity index (χ2v) is 7.57. The molecule has 0 unspecified atom stereocenters. The van der Waals surface area contributed by atoms with Gasteiger partial charge in [-0.2, -0.15) is 0 Å². The lowest BCUT2D eigenvalue weighted by Gasteiger charge is -2.14. The van der Waals surface area contributed by atoms with E-state index in [1.165, 1.54) is 22.3 Å². The molecule has 0 saturated carbocycles. The number of alkyl carbamates (subject to hydrolysis) is 1. The Balaban J connectivity index is 1.17. The van der Waals surface area contributed by atoms with Gasteiger partial charge in [0.1, 0.15) is 6.61 Å². The van der Waals surface area contributed by atoms with Crippen molar-refractivity contribution in [1.82, 2.24) is 5.32 Å². The summed E-state index contributed by atoms with van der Waals surface area (Å²) < 4.78 is 21.7. The van der Waals surface area contributed by atoms with Crippen LogP contribution in [0.15, 0.2) is 66.7 Å². The van der Waals surface area contributed by atoms with Gasteiger partial charge in [0.15, 0.2) is 11.5 Å². The SMILES string of the molecule is COc1cc(C=CCNC(=O)OCC2c3ccccc3-c3ccccc32)cc2c1OCO2. The summed E-state index contributed by atoms with van der Waals surface area (Å²) in [5.74, 6) is 1.92. The number of benzene rings is 3. The molecule has 162 valence electrons. The highest BCUT2D eigenvalue weighted by Gasteiger charge is 2.28. The van der Waals surface area contributed by atoms with E-state index in [9.17, 15) is 4.79 Å². The zero-order valence-electron chi connectivity index (χ0n) is 17.7. The number of carbonyl (C=O) groups excluding carboxylic acids is 1. The molecule has 0 saturated heterocycles. The van der Waals surface area contributed by atoms with Crippen molar-refractivity contribution in [3.63, 3.8) is 0 Å². The van der Waals surface area contributed by atoms with Crippen LogP contribution in [0.4, 0.5) is 4.79 Å². The van der Waals surface area contributed by atoms with Gasteiger partial charge in [0.05, 0.1) is 7.11 Å². The fourth-order valence-corrected chi connectivity index (χ4v) is 4.23. The van der Waals surface area contributed by atoms with E-state index in [0.29, 0.717) is 30.4 Å². The molecule has 1 N–H and O–H groups in total. The second-order valence-electron chi connectivity index (χ2n) is 7.57. The summed E-state index contributed by atoms with van der Waals surface area (Å²) >= 11 is 0. The molecule has 0 bridgehead atoms. The van der Waals surface area contributed by atoms with Crippen molar-refractivity contribution < 1.29 is 23.7 Å². The third kappa shape index (κ3) is 3.75. The van der Waals surface area contributed by atoms with Gasteiger partial charge < -0.3 is 24.3 Å². The van der Waals surface area contributed by atoms with Crippen molar-refractivity contribution in [2.24, 2.45) is 0 Å². The van der Waals surface area contributed by atoms with Gasteiger partial charge in [-0.25, -0.2) is 4.79 Å². The molecule has 1 amide bonds. The average Bonchev–Trinajstić information content (AvgIpc) is 3.43. The zero-order chi connectivity index (χ0) is 21.9. The lowest BCUT2D eigenvalue weighted by molar-refractivity contribution is 0.144. The van der Waals surface area contributed by atoms with Gasteiger partial charge in [-0.05, 0) is 39.9 Å². The van der Waals surface area contributed by atoms with Crippen LogP contribution in [0.25, 0.3) is 17.2 Å². The summed E-state index contributed by atoms with van der Waals surface area (Å²) in [6.45, 7) is 0.818. The van der Waals surface area contributed by atoms with Crippen molar-refractivity contribution in [3.8, 4) is 28.4 Å². The summed E-state index contributed by atoms with van der Waals surface area (Å²) in [6.07, 6.45) is 3.28. The van der Waals surface area contributed by atoms with E-state index in [-0.39, 0.29) is 12.7 Å². The summed E-state index contributed by atoms with van der Waals surface area (Å²) in [7, 11) is 1.59. The van der Waals surface area contributed by atoms with Crippen molar-refractivity contribution in [2.45, 2.75) is 5.92 Å². The Bertz CT molecular complexity index is 1140. The van der Waals surface area contributed by atoms with E-state index in [2.05, 4.69) is 29.6 Å². The number of ether oxygens (including phenoxy) is 4. The predicted molar refractivity (Wildman–Crippen MR) is 121 cm³/mol. The number of hydrogen-bond acceptors (Lipinski definition) is 5. The maximum absolute atomic E-state index is 12.3. The van der Waals surface area contributed by atoms with E-state index < -0.39 is 6.09 Å². The lowest BCUT2D eigenvalue weighted by Crippen LogP contribution is -2.26. The molecule has 0 spiro atoms. The molecule has 5 rings (SSSR count). The average molecular weight is 429 g/mol. The molecule has 0 fully saturated rings. The minimum absolute atomic E-state index is 0.0461. The van der Waals surface area contributed by atoms with Gasteiger partial charge in [-0.15, -0.1) is 0 Å². The third-order valence-electron chi connectivity index (χ3n) is 5.70. The summed E-state index contributed by atoms with van der Waals surface area (Å²) in [6, 6.07) is 20.3. The molecule has 6 nitrogen and oxygen atoms in total. The van der Waals surface area contributed by atoms with Crippen LogP contribution in [0.1, 0.15) is 22.6 Å². The standard InChI is InChI=1S/C26H23NO5/c1-29-23-13-17(14-24-25(23)32-16-31-24)7-6-12-27-26(28)30-15-22-20-10-4-2-8-18(20)19-9-3-5-11-21(19)22/h2-11,13-14,22H,12,15-16H2,1H3,(H,27,28). The van der Waals surface area contributed by atoms with Crippen LogP contribution in [0.2, 0.25) is 0 Å². The fraction of sp³-hybridized carbons (Fsp3) is 0.192. The number of nitrogens with one attached hydrogen (secondary N) is 1. The molecule has 1 aliphatic heterocycles. The summed E-state index contributed by atoms with van der Waals surface area (Å²) in [5.41, 5.74) is 5.69. The van der Waals surface area contributed by atoms with E-state index in [4.69, 9.17) is 18.9 Å². The maximum Gasteiger partial charge on any atom is 0.407 e. The first kappa shape index (κ1) is 20.0. The Kier molecular flexibility index (Phi) is 5.42. The first-order valence-electron chi connectivity index (χ1n) is 10.5. The van der Waals surface area contributed by atoms with Gasteiger partial charge in [0.25, 0.3) is 0 Å². The first-order valence-corrected chi connectivity index (χ1v) is 10.5. The Morgan fingerprint density at radius 1 is 1.06 bits per heavy atom. The highest BCUT2D eigenvalue weighted by molar-refractivity contribution is 5.79. The molecule has 2 aliphatic rings. The van der Waals surface area contributed by atoms with Crippen molar-refractivity contribution in [1.29, 1.82) is 0 Å². The quantitative estimate of drug-likeness (QED) is 0.599. The number of rotatable bonds is 6. The van der Waals surface area contributed by atoms with Gasteiger partial charge in [0, 0.05) is 12.5 Å². The molecule has 1 aliphatic carbocycles.